The Morgan fingerprint density at radius 2 is 0.493 bits per heavy atom. The quantitative estimate of drug-likeness (QED) is 0.0560. The first-order valence-corrected chi connectivity index (χ1v) is 22.8. The zero-order valence-electron chi connectivity index (χ0n) is 39.9. The monoisotopic (exact) mass is 934 g/mol. The molecule has 0 aliphatic heterocycles. The minimum Gasteiger partial charge on any atom is -0.458 e. The number of hydrogen-bond donors (Lipinski definition) is 0. The fourth-order valence-corrected chi connectivity index (χ4v) is 6.38. The summed E-state index contributed by atoms with van der Waals surface area (Å²) < 4.78 is 32.5. The normalized spacial score (nSPS) is 10.6. The maximum Gasteiger partial charge on any atom is 0.338 e. The Kier molecular flexibility index (Phi) is 20.0. The van der Waals surface area contributed by atoms with E-state index in [1.54, 1.807) is 109 Å². The van der Waals surface area contributed by atoms with Gasteiger partial charge in [-0.2, -0.15) is 0 Å². The molecule has 0 saturated carbocycles. The molecule has 0 atom stereocenters. The first-order chi connectivity index (χ1) is 33.2. The fraction of sp³-hybridized carbons (Fsp3) is 0.263. The van der Waals surface area contributed by atoms with Crippen LogP contribution in [0, 0.1) is 20.8 Å². The van der Waals surface area contributed by atoms with Crippen LogP contribution in [-0.2, 0) is 47.7 Å². The second-order valence-corrected chi connectivity index (χ2v) is 16.2. The highest BCUT2D eigenvalue weighted by molar-refractivity contribution is 5.92. The summed E-state index contributed by atoms with van der Waals surface area (Å²) in [7, 11) is 0. The van der Waals surface area contributed by atoms with Crippen LogP contribution < -0.4 is 0 Å². The third-order valence-corrected chi connectivity index (χ3v) is 10.8. The van der Waals surface area contributed by atoms with Gasteiger partial charge in [0.25, 0.3) is 0 Å². The molecule has 0 unspecified atom stereocenters. The van der Waals surface area contributed by atoms with Crippen molar-refractivity contribution in [3.8, 4) is 0 Å². The predicted octanol–water partition coefficient (Wildman–Crippen LogP) is 10.5. The van der Waals surface area contributed by atoms with Crippen molar-refractivity contribution in [1.29, 1.82) is 0 Å². The lowest BCUT2D eigenvalue weighted by atomic mass is 10.1. The largest absolute Gasteiger partial charge is 0.458 e. The summed E-state index contributed by atoms with van der Waals surface area (Å²) in [4.78, 5) is 75.1. The molecule has 12 nitrogen and oxygen atoms in total. The van der Waals surface area contributed by atoms with Crippen molar-refractivity contribution in [2.24, 2.45) is 0 Å². The van der Waals surface area contributed by atoms with Gasteiger partial charge in [0, 0.05) is 0 Å². The van der Waals surface area contributed by atoms with E-state index in [4.69, 9.17) is 28.4 Å². The van der Waals surface area contributed by atoms with Crippen molar-refractivity contribution in [3.05, 3.63) is 212 Å². The molecule has 0 amide bonds. The highest BCUT2D eigenvalue weighted by atomic mass is 16.6. The second kappa shape index (κ2) is 26.5. The first-order valence-electron chi connectivity index (χ1n) is 22.8. The summed E-state index contributed by atoms with van der Waals surface area (Å²) in [5.41, 5.74) is 8.57. The smallest absolute Gasteiger partial charge is 0.338 e. The highest BCUT2D eigenvalue weighted by Gasteiger charge is 2.23. The van der Waals surface area contributed by atoms with Gasteiger partial charge in [0.1, 0.15) is 26.4 Å². The van der Waals surface area contributed by atoms with Gasteiger partial charge in [-0.25, -0.2) is 28.8 Å². The van der Waals surface area contributed by atoms with E-state index >= 15 is 0 Å². The fourth-order valence-electron chi connectivity index (χ4n) is 6.38. The van der Waals surface area contributed by atoms with Crippen molar-refractivity contribution >= 4 is 35.8 Å². The lowest BCUT2D eigenvalue weighted by Gasteiger charge is -2.18. The van der Waals surface area contributed by atoms with E-state index in [2.05, 4.69) is 0 Å². The zero-order chi connectivity index (χ0) is 49.7. The zero-order valence-corrected chi connectivity index (χ0v) is 39.9. The van der Waals surface area contributed by atoms with Crippen molar-refractivity contribution in [2.45, 2.75) is 73.0 Å². The molecule has 0 aliphatic rings. The summed E-state index contributed by atoms with van der Waals surface area (Å²) in [5.74, 6) is -3.40. The lowest BCUT2D eigenvalue weighted by Crippen LogP contribution is -2.31. The van der Waals surface area contributed by atoms with Crippen LogP contribution in [0.1, 0.15) is 116 Å². The number of esters is 6. The van der Waals surface area contributed by atoms with Gasteiger partial charge in [0.2, 0.25) is 0 Å². The second-order valence-electron chi connectivity index (χ2n) is 16.2. The molecule has 0 aromatic heterocycles. The average Bonchev–Trinajstić information content (AvgIpc) is 3.38. The summed E-state index contributed by atoms with van der Waals surface area (Å²) in [6.07, 6.45) is 0.629. The molecular formula is C57H58O12. The van der Waals surface area contributed by atoms with Crippen LogP contribution in [0.2, 0.25) is 0 Å². The topological polar surface area (TPSA) is 158 Å². The Bertz CT molecular complexity index is 2490. The van der Waals surface area contributed by atoms with E-state index in [-0.39, 0.29) is 26.4 Å². The number of benzene rings is 6. The number of rotatable bonds is 19. The van der Waals surface area contributed by atoms with Crippen LogP contribution in [0.25, 0.3) is 0 Å². The molecule has 0 heterocycles. The van der Waals surface area contributed by atoms with Gasteiger partial charge in [0.05, 0.1) is 33.4 Å². The van der Waals surface area contributed by atoms with Crippen molar-refractivity contribution in [1.82, 2.24) is 0 Å². The molecular weight excluding hydrogens is 877 g/mol. The molecule has 358 valence electrons. The van der Waals surface area contributed by atoms with Gasteiger partial charge >= 0.3 is 35.8 Å². The van der Waals surface area contributed by atoms with Crippen LogP contribution in [0.5, 0.6) is 0 Å². The highest BCUT2D eigenvalue weighted by Crippen LogP contribution is 2.15. The van der Waals surface area contributed by atoms with Crippen LogP contribution in [0.15, 0.2) is 146 Å². The van der Waals surface area contributed by atoms with E-state index < -0.39 is 48.0 Å². The Labute approximate surface area is 403 Å². The van der Waals surface area contributed by atoms with Crippen LogP contribution in [0.4, 0.5) is 0 Å². The molecule has 0 bridgehead atoms. The molecule has 0 aliphatic carbocycles. The average molecular weight is 935 g/mol. The molecule has 0 saturated heterocycles. The molecule has 0 spiro atoms. The Morgan fingerprint density at radius 3 is 0.696 bits per heavy atom. The number of hydrogen-bond acceptors (Lipinski definition) is 12. The summed E-state index contributed by atoms with van der Waals surface area (Å²) >= 11 is 0. The van der Waals surface area contributed by atoms with Gasteiger partial charge < -0.3 is 28.4 Å². The molecule has 69 heavy (non-hydrogen) atoms. The van der Waals surface area contributed by atoms with E-state index in [9.17, 15) is 28.8 Å². The van der Waals surface area contributed by atoms with Gasteiger partial charge in [-0.1, -0.05) is 110 Å². The number of aryl methyl sites for hydroxylation is 6. The van der Waals surface area contributed by atoms with E-state index in [0.717, 1.165) is 52.6 Å². The van der Waals surface area contributed by atoms with Crippen molar-refractivity contribution in [2.75, 3.05) is 26.4 Å². The standard InChI is InChI=1S/C30H32O6.C27H26O6/c1-4-21-7-13-24(14-8-21)28(31)34-19-27(36-30(33)26-17-11-23(6-3)12-18-26)20-35-29(32)25-15-9-22(5-2)10-16-25;1-18-4-10-21(11-5-18)25(28)31-16-24(33-27(30)23-14-8-20(3)9-15-23)17-32-26(29)22-12-6-19(2)7-13-22/h7-18,27H,4-6,19-20H2,1-3H3;4-15,24H,16-17H2,1-3H3. The Hall–Kier alpha value is -7.86. The SMILES string of the molecule is CCc1ccc(C(=O)OCC(COC(=O)c2ccc(CC)cc2)OC(=O)c2ccc(CC)cc2)cc1.Cc1ccc(C(=O)OCC(COC(=O)c2ccc(C)cc2)OC(=O)c2ccc(C)cc2)cc1. The van der Waals surface area contributed by atoms with E-state index in [0.29, 0.717) is 33.4 Å². The van der Waals surface area contributed by atoms with E-state index in [1.807, 2.05) is 77.9 Å². The Morgan fingerprint density at radius 1 is 0.304 bits per heavy atom. The van der Waals surface area contributed by atoms with Gasteiger partial charge in [-0.05, 0) is 130 Å². The van der Waals surface area contributed by atoms with Crippen LogP contribution >= 0.6 is 0 Å². The minimum absolute atomic E-state index is 0.255. The van der Waals surface area contributed by atoms with Crippen LogP contribution in [-0.4, -0.2) is 74.5 Å². The molecule has 6 aromatic rings. The molecule has 0 radical (unpaired) electrons. The third kappa shape index (κ3) is 16.8. The molecule has 12 heteroatoms. The van der Waals surface area contributed by atoms with Gasteiger partial charge in [-0.15, -0.1) is 0 Å². The molecule has 6 aromatic carbocycles. The summed E-state index contributed by atoms with van der Waals surface area (Å²) in [6.45, 7) is 10.8. The summed E-state index contributed by atoms with van der Waals surface area (Å²) in [6, 6.07) is 42.0. The maximum atomic E-state index is 12.7. The van der Waals surface area contributed by atoms with E-state index in [1.165, 1.54) is 0 Å². The molecule has 0 fully saturated rings. The third-order valence-electron chi connectivity index (χ3n) is 10.8. The van der Waals surface area contributed by atoms with Crippen LogP contribution in [0.3, 0.4) is 0 Å². The molecule has 6 rings (SSSR count). The van der Waals surface area contributed by atoms with Crippen molar-refractivity contribution in [3.63, 3.8) is 0 Å². The number of ether oxygens (including phenoxy) is 6. The maximum absolute atomic E-state index is 12.7. The molecule has 0 N–H and O–H groups in total. The van der Waals surface area contributed by atoms with Crippen molar-refractivity contribution < 1.29 is 57.2 Å². The van der Waals surface area contributed by atoms with Gasteiger partial charge in [-0.3, -0.25) is 0 Å². The Balaban J connectivity index is 0.000000258. The predicted molar refractivity (Wildman–Crippen MR) is 261 cm³/mol. The number of carbonyl (C=O) groups excluding carboxylic acids is 6. The van der Waals surface area contributed by atoms with Gasteiger partial charge in [0.15, 0.2) is 12.2 Å². The number of carbonyl (C=O) groups is 6. The lowest BCUT2D eigenvalue weighted by molar-refractivity contribution is -0.0254. The minimum atomic E-state index is -0.971. The summed E-state index contributed by atoms with van der Waals surface area (Å²) in [5, 5.41) is 0. The first kappa shape index (κ1) is 52.1.